The minimum absolute atomic E-state index is 0.0213. The summed E-state index contributed by atoms with van der Waals surface area (Å²) in [6.07, 6.45) is 1.50. The summed E-state index contributed by atoms with van der Waals surface area (Å²) >= 11 is 6.35. The van der Waals surface area contributed by atoms with E-state index >= 15 is 0 Å². The number of anilines is 1. The van der Waals surface area contributed by atoms with Crippen LogP contribution in [0.1, 0.15) is 30.0 Å². The van der Waals surface area contributed by atoms with Gasteiger partial charge in [-0.15, -0.1) is 0 Å². The molecule has 2 aliphatic heterocycles. The first-order chi connectivity index (χ1) is 16.0. The molecule has 2 aromatic carbocycles. The molecule has 174 valence electrons. The van der Waals surface area contributed by atoms with Crippen molar-refractivity contribution in [2.24, 2.45) is 5.92 Å². The normalized spacial score (nSPS) is 19.4. The Balaban J connectivity index is 1.33. The maximum Gasteiger partial charge on any atom is 0.327 e. The Morgan fingerprint density at radius 3 is 2.52 bits per heavy atom. The number of amides is 2. The maximum absolute atomic E-state index is 12.8. The average Bonchev–Trinajstić information content (AvgIpc) is 2.84. The third-order valence-electron chi connectivity index (χ3n) is 6.48. The monoisotopic (exact) mass is 469 g/mol. The minimum Gasteiger partial charge on any atom is -0.468 e. The van der Waals surface area contributed by atoms with Crippen molar-refractivity contribution in [2.75, 3.05) is 38.6 Å². The molecule has 33 heavy (non-hydrogen) atoms. The van der Waals surface area contributed by atoms with Crippen LogP contribution >= 0.6 is 11.6 Å². The van der Waals surface area contributed by atoms with Gasteiger partial charge in [0.25, 0.3) is 0 Å². The Bertz CT molecular complexity index is 1040. The van der Waals surface area contributed by atoms with Crippen LogP contribution in [0.5, 0.6) is 0 Å². The van der Waals surface area contributed by atoms with Crippen LogP contribution in [0.4, 0.5) is 5.69 Å². The van der Waals surface area contributed by atoms with Crippen LogP contribution < -0.4 is 5.32 Å². The van der Waals surface area contributed by atoms with E-state index in [0.29, 0.717) is 56.0 Å². The highest BCUT2D eigenvalue weighted by Gasteiger charge is 2.34. The van der Waals surface area contributed by atoms with Crippen molar-refractivity contribution in [2.45, 2.75) is 25.3 Å². The quantitative estimate of drug-likeness (QED) is 0.657. The van der Waals surface area contributed by atoms with Crippen LogP contribution in [0.3, 0.4) is 0 Å². The summed E-state index contributed by atoms with van der Waals surface area (Å²) in [5.41, 5.74) is 2.67. The van der Waals surface area contributed by atoms with Crippen molar-refractivity contribution in [1.82, 2.24) is 9.80 Å². The Morgan fingerprint density at radius 2 is 1.79 bits per heavy atom. The topological polar surface area (TPSA) is 79.0 Å². The van der Waals surface area contributed by atoms with Crippen molar-refractivity contribution >= 4 is 35.1 Å². The van der Waals surface area contributed by atoms with E-state index in [0.717, 1.165) is 11.3 Å². The fraction of sp³-hybridized carbons (Fsp3) is 0.400. The third kappa shape index (κ3) is 5.20. The number of nitrogens with zero attached hydrogens (tertiary/aromatic N) is 2. The van der Waals surface area contributed by atoms with Crippen LogP contribution in [0, 0.1) is 5.92 Å². The standard InChI is InChI=1S/C25H28ClN3O4/c1-33-25(32)23(19-7-3-4-8-20(19)26)29-14-12-28(13-15-29)22(30)11-10-18-16-17-6-2-5-9-21(17)27-24(18)31/h2-9,18,23H,10-16H2,1H3,(H,27,31)/t18-,23+/m1/s1. The third-order valence-corrected chi connectivity index (χ3v) is 6.82. The van der Waals surface area contributed by atoms with E-state index in [2.05, 4.69) is 5.32 Å². The molecule has 0 unspecified atom stereocenters. The molecule has 0 radical (unpaired) electrons. The highest BCUT2D eigenvalue weighted by molar-refractivity contribution is 6.31. The number of carbonyl (C=O) groups is 3. The minimum atomic E-state index is -0.605. The highest BCUT2D eigenvalue weighted by atomic mass is 35.5. The Morgan fingerprint density at radius 1 is 1.09 bits per heavy atom. The molecular weight excluding hydrogens is 442 g/mol. The van der Waals surface area contributed by atoms with Gasteiger partial charge in [-0.1, -0.05) is 48.0 Å². The van der Waals surface area contributed by atoms with Gasteiger partial charge in [-0.2, -0.15) is 0 Å². The summed E-state index contributed by atoms with van der Waals surface area (Å²) < 4.78 is 5.03. The zero-order valence-electron chi connectivity index (χ0n) is 18.6. The second kappa shape index (κ2) is 10.4. The average molecular weight is 470 g/mol. The number of hydrogen-bond acceptors (Lipinski definition) is 5. The fourth-order valence-corrected chi connectivity index (χ4v) is 4.85. The number of hydrogen-bond donors (Lipinski definition) is 1. The van der Waals surface area contributed by atoms with Crippen molar-refractivity contribution in [1.29, 1.82) is 0 Å². The smallest absolute Gasteiger partial charge is 0.327 e. The van der Waals surface area contributed by atoms with E-state index in [1.54, 1.807) is 6.07 Å². The predicted octanol–water partition coefficient (Wildman–Crippen LogP) is 3.29. The molecule has 0 bridgehead atoms. The SMILES string of the molecule is COC(=O)[C@H](c1ccccc1Cl)N1CCN(C(=O)CC[C@@H]2Cc3ccccc3NC2=O)CC1. The van der Waals surface area contributed by atoms with Gasteiger partial charge in [0.1, 0.15) is 6.04 Å². The van der Waals surface area contributed by atoms with Crippen LogP contribution in [-0.2, 0) is 25.5 Å². The predicted molar refractivity (Wildman–Crippen MR) is 126 cm³/mol. The lowest BCUT2D eigenvalue weighted by Gasteiger charge is -2.38. The number of rotatable bonds is 6. The molecule has 2 atom stereocenters. The number of fused-ring (bicyclic) bond motifs is 1. The molecule has 0 aliphatic carbocycles. The number of carbonyl (C=O) groups excluding carboxylic acids is 3. The van der Waals surface area contributed by atoms with Crippen LogP contribution in [0.15, 0.2) is 48.5 Å². The van der Waals surface area contributed by atoms with E-state index < -0.39 is 6.04 Å². The maximum atomic E-state index is 12.8. The number of halogens is 1. The number of nitrogens with one attached hydrogen (secondary N) is 1. The Kier molecular flexibility index (Phi) is 7.30. The number of methoxy groups -OCH3 is 1. The van der Waals surface area contributed by atoms with E-state index in [-0.39, 0.29) is 23.7 Å². The molecular formula is C25H28ClN3O4. The van der Waals surface area contributed by atoms with Gasteiger partial charge in [-0.05, 0) is 36.1 Å². The highest BCUT2D eigenvalue weighted by Crippen LogP contribution is 2.30. The molecule has 8 heteroatoms. The van der Waals surface area contributed by atoms with Gasteiger partial charge < -0.3 is 15.0 Å². The first-order valence-electron chi connectivity index (χ1n) is 11.2. The molecule has 7 nitrogen and oxygen atoms in total. The van der Waals surface area contributed by atoms with E-state index in [9.17, 15) is 14.4 Å². The number of para-hydroxylation sites is 1. The van der Waals surface area contributed by atoms with Crippen molar-refractivity contribution < 1.29 is 19.1 Å². The van der Waals surface area contributed by atoms with Crippen LogP contribution in [0.2, 0.25) is 5.02 Å². The summed E-state index contributed by atoms with van der Waals surface area (Å²) in [7, 11) is 1.37. The van der Waals surface area contributed by atoms with Gasteiger partial charge in [-0.25, -0.2) is 4.79 Å². The van der Waals surface area contributed by atoms with Gasteiger partial charge in [0, 0.05) is 49.2 Å². The van der Waals surface area contributed by atoms with Crippen molar-refractivity contribution in [3.05, 3.63) is 64.7 Å². The lowest BCUT2D eigenvalue weighted by atomic mass is 9.89. The van der Waals surface area contributed by atoms with Gasteiger partial charge in [-0.3, -0.25) is 14.5 Å². The summed E-state index contributed by atoms with van der Waals surface area (Å²) in [5, 5.41) is 3.46. The zero-order valence-corrected chi connectivity index (χ0v) is 19.4. The summed E-state index contributed by atoms with van der Waals surface area (Å²) in [6, 6.07) is 14.4. The molecule has 2 aliphatic rings. The number of ether oxygens (including phenoxy) is 1. The Labute approximate surface area is 198 Å². The first-order valence-corrected chi connectivity index (χ1v) is 11.6. The van der Waals surface area contributed by atoms with Crippen LogP contribution in [0.25, 0.3) is 0 Å². The fourth-order valence-electron chi connectivity index (χ4n) is 4.61. The number of piperazine rings is 1. The van der Waals surface area contributed by atoms with Gasteiger partial charge >= 0.3 is 5.97 Å². The molecule has 1 fully saturated rings. The first kappa shape index (κ1) is 23.3. The second-order valence-electron chi connectivity index (χ2n) is 8.45. The number of esters is 1. The lowest BCUT2D eigenvalue weighted by molar-refractivity contribution is -0.148. The van der Waals surface area contributed by atoms with Gasteiger partial charge in [0.2, 0.25) is 11.8 Å². The summed E-state index contributed by atoms with van der Waals surface area (Å²) in [6.45, 7) is 2.09. The molecule has 4 rings (SSSR count). The summed E-state index contributed by atoms with van der Waals surface area (Å²) in [5.74, 6) is -0.554. The van der Waals surface area contributed by atoms with Crippen molar-refractivity contribution in [3.63, 3.8) is 0 Å². The van der Waals surface area contributed by atoms with Crippen LogP contribution in [-0.4, -0.2) is 60.9 Å². The number of benzene rings is 2. The van der Waals surface area contributed by atoms with E-state index in [1.165, 1.54) is 7.11 Å². The molecule has 0 spiro atoms. The summed E-state index contributed by atoms with van der Waals surface area (Å²) in [4.78, 5) is 41.6. The molecule has 1 N–H and O–H groups in total. The lowest BCUT2D eigenvalue weighted by Crippen LogP contribution is -2.51. The van der Waals surface area contributed by atoms with Gasteiger partial charge in [0.15, 0.2) is 0 Å². The molecule has 1 saturated heterocycles. The van der Waals surface area contributed by atoms with E-state index in [1.807, 2.05) is 52.3 Å². The van der Waals surface area contributed by atoms with Gasteiger partial charge in [0.05, 0.1) is 7.11 Å². The molecule has 2 aromatic rings. The Hall–Kier alpha value is -2.90. The second-order valence-corrected chi connectivity index (χ2v) is 8.86. The van der Waals surface area contributed by atoms with E-state index in [4.69, 9.17) is 16.3 Å². The molecule has 2 amide bonds. The largest absolute Gasteiger partial charge is 0.468 e. The zero-order chi connectivity index (χ0) is 23.4. The molecule has 0 aromatic heterocycles. The molecule has 0 saturated carbocycles. The van der Waals surface area contributed by atoms with Crippen molar-refractivity contribution in [3.8, 4) is 0 Å². The molecule has 2 heterocycles.